The lowest BCUT2D eigenvalue weighted by Gasteiger charge is -2.21. The van der Waals surface area contributed by atoms with E-state index >= 15 is 0 Å². The van der Waals surface area contributed by atoms with Crippen molar-refractivity contribution >= 4 is 27.7 Å². The lowest BCUT2D eigenvalue weighted by molar-refractivity contribution is -0.129. The minimum Gasteiger partial charge on any atom is -0.368 e. The molecule has 1 aliphatic carbocycles. The first-order valence-corrected chi connectivity index (χ1v) is 7.91. The maximum Gasteiger partial charge on any atom is 0.270 e. The van der Waals surface area contributed by atoms with E-state index in [1.807, 2.05) is 6.07 Å². The number of rotatable bonds is 4. The molecule has 1 aromatic rings. The summed E-state index contributed by atoms with van der Waals surface area (Å²) in [5.41, 5.74) is 5.21. The van der Waals surface area contributed by atoms with Gasteiger partial charge in [0.15, 0.2) is 0 Å². The highest BCUT2D eigenvalue weighted by Gasteiger charge is 2.15. The van der Waals surface area contributed by atoms with Gasteiger partial charge in [-0.1, -0.05) is 31.4 Å². The van der Waals surface area contributed by atoms with Crippen LogP contribution in [0.4, 0.5) is 0 Å². The third-order valence-corrected chi connectivity index (χ3v) is 4.13. The second-order valence-corrected chi connectivity index (χ2v) is 5.91. The molecule has 0 radical (unpaired) electrons. The van der Waals surface area contributed by atoms with Crippen LogP contribution in [0.3, 0.4) is 0 Å². The summed E-state index contributed by atoms with van der Waals surface area (Å²) < 4.78 is 6.21. The number of benzene rings is 1. The van der Waals surface area contributed by atoms with Crippen LogP contribution in [-0.4, -0.2) is 24.5 Å². The molecular weight excluding hydrogens is 336 g/mol. The van der Waals surface area contributed by atoms with Crippen molar-refractivity contribution in [2.75, 3.05) is 6.61 Å². The van der Waals surface area contributed by atoms with E-state index < -0.39 is 0 Å². The van der Waals surface area contributed by atoms with Crippen LogP contribution in [0.15, 0.2) is 28.7 Å². The summed E-state index contributed by atoms with van der Waals surface area (Å²) in [7, 11) is 0. The first-order valence-electron chi connectivity index (χ1n) is 7.12. The largest absolute Gasteiger partial charge is 0.368 e. The molecule has 0 aliphatic heterocycles. The van der Waals surface area contributed by atoms with Gasteiger partial charge in [-0.2, -0.15) is 0 Å². The number of halogens is 1. The predicted octanol–water partition coefficient (Wildman–Crippen LogP) is 2.56. The van der Waals surface area contributed by atoms with Crippen LogP contribution >= 0.6 is 15.9 Å². The molecule has 1 fully saturated rings. The Bertz CT molecular complexity index is 501. The molecule has 0 aromatic heterocycles. The molecule has 0 bridgehead atoms. The molecule has 0 atom stereocenters. The molecule has 1 aromatic carbocycles. The third kappa shape index (κ3) is 5.13. The molecule has 21 heavy (non-hydrogen) atoms. The van der Waals surface area contributed by atoms with Crippen LogP contribution in [0.1, 0.15) is 42.5 Å². The number of carbonyl (C=O) groups is 2. The number of hydrogen-bond acceptors (Lipinski definition) is 3. The number of carbonyl (C=O) groups excluding carboxylic acids is 2. The molecule has 2 N–H and O–H groups in total. The molecule has 114 valence electrons. The van der Waals surface area contributed by atoms with Crippen molar-refractivity contribution in [2.24, 2.45) is 0 Å². The van der Waals surface area contributed by atoms with Crippen LogP contribution in [0.25, 0.3) is 0 Å². The van der Waals surface area contributed by atoms with E-state index in [-0.39, 0.29) is 24.5 Å². The molecule has 0 heterocycles. The normalized spacial score (nSPS) is 15.5. The van der Waals surface area contributed by atoms with Crippen LogP contribution in [0.2, 0.25) is 0 Å². The molecule has 1 aliphatic rings. The summed E-state index contributed by atoms with van der Waals surface area (Å²) >= 11 is 3.29. The van der Waals surface area contributed by atoms with E-state index in [0.717, 1.165) is 25.7 Å². The van der Waals surface area contributed by atoms with E-state index in [9.17, 15) is 9.59 Å². The van der Waals surface area contributed by atoms with E-state index in [1.165, 1.54) is 6.42 Å². The van der Waals surface area contributed by atoms with E-state index in [1.54, 1.807) is 18.2 Å². The van der Waals surface area contributed by atoms with Gasteiger partial charge in [0.05, 0.1) is 11.7 Å². The quantitative estimate of drug-likeness (QED) is 0.816. The maximum atomic E-state index is 11.9. The van der Waals surface area contributed by atoms with Gasteiger partial charge in [0.25, 0.3) is 11.8 Å². The molecule has 1 saturated carbocycles. The monoisotopic (exact) mass is 354 g/mol. The molecule has 0 unspecified atom stereocenters. The highest BCUT2D eigenvalue weighted by atomic mass is 79.9. The third-order valence-electron chi connectivity index (χ3n) is 3.44. The van der Waals surface area contributed by atoms with Gasteiger partial charge in [-0.3, -0.25) is 20.4 Å². The molecule has 0 spiro atoms. The fourth-order valence-corrected chi connectivity index (χ4v) is 2.77. The van der Waals surface area contributed by atoms with Crippen LogP contribution in [-0.2, 0) is 9.53 Å². The fourth-order valence-electron chi connectivity index (χ4n) is 2.30. The SMILES string of the molecule is O=C(COC1CCCCC1)NNC(=O)c1ccccc1Br. The second-order valence-electron chi connectivity index (χ2n) is 5.05. The van der Waals surface area contributed by atoms with Crippen LogP contribution < -0.4 is 10.9 Å². The summed E-state index contributed by atoms with van der Waals surface area (Å²) in [6.45, 7) is -0.0269. The average Bonchev–Trinajstić information content (AvgIpc) is 2.52. The van der Waals surface area contributed by atoms with Gasteiger partial charge in [0.2, 0.25) is 0 Å². The van der Waals surface area contributed by atoms with Gasteiger partial charge in [0, 0.05) is 4.47 Å². The van der Waals surface area contributed by atoms with Gasteiger partial charge in [0.1, 0.15) is 6.61 Å². The smallest absolute Gasteiger partial charge is 0.270 e. The summed E-state index contributed by atoms with van der Waals surface area (Å²) in [4.78, 5) is 23.5. The number of hydrazine groups is 1. The van der Waals surface area contributed by atoms with Gasteiger partial charge < -0.3 is 4.74 Å². The Kier molecular flexibility index (Phi) is 6.20. The molecule has 2 rings (SSSR count). The molecule has 0 saturated heterocycles. The summed E-state index contributed by atoms with van der Waals surface area (Å²) in [6.07, 6.45) is 5.75. The topological polar surface area (TPSA) is 67.4 Å². The second kappa shape index (κ2) is 8.14. The Morgan fingerprint density at radius 1 is 1.14 bits per heavy atom. The molecule has 6 heteroatoms. The van der Waals surface area contributed by atoms with Crippen molar-refractivity contribution in [2.45, 2.75) is 38.2 Å². The molecule has 5 nitrogen and oxygen atoms in total. The van der Waals surface area contributed by atoms with Crippen molar-refractivity contribution in [1.82, 2.24) is 10.9 Å². The summed E-state index contributed by atoms with van der Waals surface area (Å²) in [6, 6.07) is 7.01. The number of nitrogens with one attached hydrogen (secondary N) is 2. The highest BCUT2D eigenvalue weighted by Crippen LogP contribution is 2.20. The maximum absolute atomic E-state index is 11.9. The van der Waals surface area contributed by atoms with Gasteiger partial charge >= 0.3 is 0 Å². The average molecular weight is 355 g/mol. The first kappa shape index (κ1) is 16.0. The van der Waals surface area contributed by atoms with E-state index in [2.05, 4.69) is 26.8 Å². The minimum absolute atomic E-state index is 0.0269. The van der Waals surface area contributed by atoms with Crippen molar-refractivity contribution < 1.29 is 14.3 Å². The van der Waals surface area contributed by atoms with Gasteiger partial charge in [-0.05, 0) is 40.9 Å². The zero-order chi connectivity index (χ0) is 15.1. The Morgan fingerprint density at radius 3 is 2.57 bits per heavy atom. The predicted molar refractivity (Wildman–Crippen MR) is 82.6 cm³/mol. The number of ether oxygens (including phenoxy) is 1. The molecule has 2 amide bonds. The van der Waals surface area contributed by atoms with Gasteiger partial charge in [-0.15, -0.1) is 0 Å². The number of hydrogen-bond donors (Lipinski definition) is 2. The summed E-state index contributed by atoms with van der Waals surface area (Å²) in [5, 5.41) is 0. The van der Waals surface area contributed by atoms with Crippen LogP contribution in [0.5, 0.6) is 0 Å². The van der Waals surface area contributed by atoms with Crippen LogP contribution in [0, 0.1) is 0 Å². The van der Waals surface area contributed by atoms with E-state index in [0.29, 0.717) is 10.0 Å². The van der Waals surface area contributed by atoms with Gasteiger partial charge in [-0.25, -0.2) is 0 Å². The minimum atomic E-state index is -0.367. The Hall–Kier alpha value is -1.40. The standard InChI is InChI=1S/C15H19BrN2O3/c16-13-9-5-4-8-12(13)15(20)18-17-14(19)10-21-11-6-2-1-3-7-11/h4-5,8-9,11H,1-3,6-7,10H2,(H,17,19)(H,18,20). The van der Waals surface area contributed by atoms with Crippen molar-refractivity contribution in [1.29, 1.82) is 0 Å². The lowest BCUT2D eigenvalue weighted by Crippen LogP contribution is -2.44. The number of amides is 2. The lowest BCUT2D eigenvalue weighted by atomic mass is 9.98. The van der Waals surface area contributed by atoms with Crippen molar-refractivity contribution in [3.63, 3.8) is 0 Å². The molecular formula is C15H19BrN2O3. The van der Waals surface area contributed by atoms with Crippen molar-refractivity contribution in [3.8, 4) is 0 Å². The fraction of sp³-hybridized carbons (Fsp3) is 0.467. The van der Waals surface area contributed by atoms with Crippen molar-refractivity contribution in [3.05, 3.63) is 34.3 Å². The zero-order valence-corrected chi connectivity index (χ0v) is 13.3. The first-order chi connectivity index (χ1) is 10.2. The van der Waals surface area contributed by atoms with E-state index in [4.69, 9.17) is 4.74 Å². The Labute approximate surface area is 132 Å². The Morgan fingerprint density at radius 2 is 1.86 bits per heavy atom. The highest BCUT2D eigenvalue weighted by molar-refractivity contribution is 9.10. The Balaban J connectivity index is 1.71. The summed E-state index contributed by atoms with van der Waals surface area (Å²) in [5.74, 6) is -0.713. The zero-order valence-electron chi connectivity index (χ0n) is 11.7.